The first-order chi connectivity index (χ1) is 23.4. The van der Waals surface area contributed by atoms with Gasteiger partial charge < -0.3 is 14.9 Å². The first-order valence-corrected chi connectivity index (χ1v) is 17.1. The van der Waals surface area contributed by atoms with Crippen molar-refractivity contribution in [1.29, 1.82) is 0 Å². The molecular formula is C31H15Cl5N2O11S. The van der Waals surface area contributed by atoms with E-state index < -0.39 is 78.1 Å². The smallest absolute Gasteiger partial charge is 0.341 e. The number of benzene rings is 3. The van der Waals surface area contributed by atoms with Crippen molar-refractivity contribution < 1.29 is 51.9 Å². The lowest BCUT2D eigenvalue weighted by atomic mass is 10.0. The predicted octanol–water partition coefficient (Wildman–Crippen LogP) is 6.73. The number of imide groups is 1. The van der Waals surface area contributed by atoms with E-state index >= 15 is 0 Å². The minimum absolute atomic E-state index is 0.0263. The van der Waals surface area contributed by atoms with E-state index in [0.29, 0.717) is 10.3 Å². The number of Topliss-reactive ketones (excluding diaryl/α,β-unsaturated/α-hetero) is 1. The standard InChI is InChI=1S/C31H15Cl5N2O11S/c32-12-8-15(50(46,47)48)25(35)22-18(12)30(44)38(31(22)45)14-3-1-2-10-4-6-13(37-27(10)14)19-28(42)20-21(29(19)43)26(36)24(34)11(23(20)33)5-7-17(41)49-9-16(39)40/h1-4,6,8,42H,5,7,9H2,(H,39,40)(H,46,47,48). The molecule has 1 aliphatic heterocycles. The Labute approximate surface area is 305 Å². The van der Waals surface area contributed by atoms with Gasteiger partial charge in [-0.25, -0.2) is 14.7 Å². The summed E-state index contributed by atoms with van der Waals surface area (Å²) in [5.41, 5.74) is -2.07. The fourth-order valence-electron chi connectivity index (χ4n) is 5.59. The van der Waals surface area contributed by atoms with E-state index in [1.54, 1.807) is 6.07 Å². The molecule has 0 fully saturated rings. The number of esters is 1. The number of pyridine rings is 1. The number of allylic oxidation sites excluding steroid dienone is 1. The van der Waals surface area contributed by atoms with E-state index in [9.17, 15) is 42.0 Å². The van der Waals surface area contributed by atoms with Crippen LogP contribution in [0.4, 0.5) is 5.69 Å². The molecule has 19 heteroatoms. The fourth-order valence-corrected chi connectivity index (χ4v) is 8.05. The highest BCUT2D eigenvalue weighted by atomic mass is 35.5. The summed E-state index contributed by atoms with van der Waals surface area (Å²) in [5, 5.41) is 18.5. The molecule has 0 saturated heterocycles. The number of aromatic nitrogens is 1. The van der Waals surface area contributed by atoms with E-state index in [0.717, 1.165) is 6.07 Å². The number of ketones is 1. The number of carbonyl (C=O) groups is 5. The number of aliphatic carboxylic acids is 1. The van der Waals surface area contributed by atoms with Crippen LogP contribution in [-0.2, 0) is 30.9 Å². The summed E-state index contributed by atoms with van der Waals surface area (Å²) >= 11 is 31.9. The van der Waals surface area contributed by atoms with Crippen molar-refractivity contribution in [3.8, 4) is 0 Å². The third kappa shape index (κ3) is 5.66. The molecular weight excluding hydrogens is 786 g/mol. The van der Waals surface area contributed by atoms with Crippen LogP contribution in [0.25, 0.3) is 22.2 Å². The van der Waals surface area contributed by atoms with Crippen LogP contribution in [0, 0.1) is 0 Å². The summed E-state index contributed by atoms with van der Waals surface area (Å²) < 4.78 is 38.0. The van der Waals surface area contributed by atoms with Crippen molar-refractivity contribution in [1.82, 2.24) is 4.98 Å². The number of fused-ring (bicyclic) bond motifs is 3. The van der Waals surface area contributed by atoms with Crippen molar-refractivity contribution in [2.45, 2.75) is 17.7 Å². The molecule has 0 spiro atoms. The molecule has 0 saturated carbocycles. The molecule has 4 aromatic rings. The van der Waals surface area contributed by atoms with Crippen LogP contribution < -0.4 is 4.90 Å². The third-order valence-electron chi connectivity index (χ3n) is 7.77. The summed E-state index contributed by atoms with van der Waals surface area (Å²) in [5.74, 6) is -5.80. The lowest BCUT2D eigenvalue weighted by molar-refractivity contribution is -0.155. The van der Waals surface area contributed by atoms with Gasteiger partial charge in [-0.1, -0.05) is 76.2 Å². The number of halogens is 5. The van der Waals surface area contributed by atoms with Crippen LogP contribution in [0.1, 0.15) is 54.3 Å². The highest BCUT2D eigenvalue weighted by molar-refractivity contribution is 7.86. The molecule has 0 atom stereocenters. The van der Waals surface area contributed by atoms with Gasteiger partial charge in [0.2, 0.25) is 5.78 Å². The van der Waals surface area contributed by atoms with Gasteiger partial charge in [-0.2, -0.15) is 8.42 Å². The lowest BCUT2D eigenvalue weighted by Gasteiger charge is -2.16. The summed E-state index contributed by atoms with van der Waals surface area (Å²) in [6.45, 7) is -0.865. The van der Waals surface area contributed by atoms with Gasteiger partial charge in [0.05, 0.1) is 64.3 Å². The van der Waals surface area contributed by atoms with Crippen molar-refractivity contribution >= 4 is 126 Å². The second-order valence-corrected chi connectivity index (χ2v) is 14.0. The summed E-state index contributed by atoms with van der Waals surface area (Å²) in [7, 11) is -4.95. The topological polar surface area (TPSA) is 206 Å². The fraction of sp³-hybridized carbons (Fsp3) is 0.0968. The average molecular weight is 801 g/mol. The molecule has 2 heterocycles. The van der Waals surface area contributed by atoms with Crippen LogP contribution in [-0.4, -0.2) is 64.3 Å². The Bertz CT molecular complexity index is 2450. The molecule has 3 N–H and O–H groups in total. The number of anilines is 1. The van der Waals surface area contributed by atoms with Gasteiger partial charge in [-0.3, -0.25) is 23.7 Å². The predicted molar refractivity (Wildman–Crippen MR) is 181 cm³/mol. The Kier molecular flexibility index (Phi) is 9.10. The van der Waals surface area contributed by atoms with Crippen molar-refractivity contribution in [3.05, 3.63) is 95.0 Å². The number of rotatable bonds is 8. The zero-order valence-corrected chi connectivity index (χ0v) is 29.0. The second-order valence-electron chi connectivity index (χ2n) is 10.7. The molecule has 1 aromatic heterocycles. The molecule has 3 aromatic carbocycles. The van der Waals surface area contributed by atoms with E-state index in [2.05, 4.69) is 9.72 Å². The van der Waals surface area contributed by atoms with Gasteiger partial charge in [0.1, 0.15) is 10.7 Å². The minimum atomic E-state index is -4.95. The maximum Gasteiger partial charge on any atom is 0.341 e. The molecule has 6 rings (SSSR count). The summed E-state index contributed by atoms with van der Waals surface area (Å²) in [6.07, 6.45) is -0.564. The summed E-state index contributed by atoms with van der Waals surface area (Å²) in [6, 6.07) is 8.00. The average Bonchev–Trinajstić information content (AvgIpc) is 3.47. The quantitative estimate of drug-likeness (QED) is 0.0734. The molecule has 2 amide bonds. The molecule has 2 aliphatic rings. The van der Waals surface area contributed by atoms with Gasteiger partial charge in [0.25, 0.3) is 21.9 Å². The largest absolute Gasteiger partial charge is 0.506 e. The number of nitrogens with zero attached hydrogens (tertiary/aromatic N) is 2. The Hall–Kier alpha value is -4.28. The number of carboxylic acids is 1. The first kappa shape index (κ1) is 35.5. The zero-order chi connectivity index (χ0) is 36.6. The second kappa shape index (κ2) is 12.8. The van der Waals surface area contributed by atoms with Gasteiger partial charge >= 0.3 is 11.9 Å². The van der Waals surface area contributed by atoms with E-state index in [1.165, 1.54) is 24.3 Å². The number of carboxylic acid groups (broad SMARTS) is 1. The van der Waals surface area contributed by atoms with Crippen molar-refractivity contribution in [2.24, 2.45) is 0 Å². The number of ether oxygens (including phenoxy) is 1. The van der Waals surface area contributed by atoms with Crippen LogP contribution in [0.5, 0.6) is 0 Å². The number of hydrogen-bond donors (Lipinski definition) is 3. The van der Waals surface area contributed by atoms with Gasteiger partial charge in [0.15, 0.2) is 6.61 Å². The maximum absolute atomic E-state index is 13.8. The molecule has 13 nitrogen and oxygen atoms in total. The number of carbonyl (C=O) groups excluding carboxylic acids is 4. The Morgan fingerprint density at radius 1 is 0.860 bits per heavy atom. The number of aliphatic hydroxyl groups excluding tert-OH is 1. The van der Waals surface area contributed by atoms with Gasteiger partial charge in [-0.15, -0.1) is 0 Å². The number of amides is 2. The highest BCUT2D eigenvalue weighted by Gasteiger charge is 2.44. The first-order valence-electron chi connectivity index (χ1n) is 13.8. The normalized spacial score (nSPS) is 14.1. The Balaban J connectivity index is 1.44. The number of hydrogen-bond acceptors (Lipinski definition) is 10. The maximum atomic E-state index is 13.8. The SMILES string of the molecule is O=C(O)COC(=O)CCc1c(Cl)c(Cl)c2c(c1Cl)C(O)=C(c1ccc3cccc(N4C(=O)c5c(Cl)cc(S(=O)(=O)O)c(Cl)c5C4=O)c3n1)C2=O. The van der Waals surface area contributed by atoms with E-state index in [4.69, 9.17) is 63.1 Å². The van der Waals surface area contributed by atoms with E-state index in [-0.39, 0.29) is 67.1 Å². The van der Waals surface area contributed by atoms with Crippen molar-refractivity contribution in [2.75, 3.05) is 11.5 Å². The molecule has 0 bridgehead atoms. The number of para-hydroxylation sites is 1. The van der Waals surface area contributed by atoms with Crippen LogP contribution >= 0.6 is 58.0 Å². The minimum Gasteiger partial charge on any atom is -0.506 e. The molecule has 256 valence electrons. The van der Waals surface area contributed by atoms with Crippen LogP contribution in [0.15, 0.2) is 41.3 Å². The molecule has 0 unspecified atom stereocenters. The van der Waals surface area contributed by atoms with E-state index in [1.807, 2.05) is 0 Å². The molecule has 0 radical (unpaired) electrons. The Morgan fingerprint density at radius 2 is 1.54 bits per heavy atom. The summed E-state index contributed by atoms with van der Waals surface area (Å²) in [4.78, 5) is 68.0. The van der Waals surface area contributed by atoms with Crippen molar-refractivity contribution in [3.63, 3.8) is 0 Å². The molecule has 50 heavy (non-hydrogen) atoms. The van der Waals surface area contributed by atoms with Crippen LogP contribution in [0.2, 0.25) is 25.1 Å². The molecule has 1 aliphatic carbocycles. The lowest BCUT2D eigenvalue weighted by Crippen LogP contribution is -2.29. The third-order valence-corrected chi connectivity index (χ3v) is 10.8. The van der Waals surface area contributed by atoms with Crippen LogP contribution in [0.3, 0.4) is 0 Å². The van der Waals surface area contributed by atoms with Gasteiger partial charge in [0, 0.05) is 17.4 Å². The van der Waals surface area contributed by atoms with Gasteiger partial charge in [-0.05, 0) is 30.2 Å². The Morgan fingerprint density at radius 3 is 2.20 bits per heavy atom. The number of aliphatic hydroxyl groups is 1. The monoisotopic (exact) mass is 798 g/mol. The zero-order valence-electron chi connectivity index (χ0n) is 24.4. The highest BCUT2D eigenvalue weighted by Crippen LogP contribution is 2.49.